The maximum atomic E-state index is 3.60. The predicted molar refractivity (Wildman–Crippen MR) is 80.1 cm³/mol. The molecule has 3 atom stereocenters. The fourth-order valence-corrected chi connectivity index (χ4v) is 3.15. The third kappa shape index (κ3) is 4.52. The summed E-state index contributed by atoms with van der Waals surface area (Å²) in [7, 11) is 4.43. The van der Waals surface area contributed by atoms with Gasteiger partial charge < -0.3 is 10.2 Å². The van der Waals surface area contributed by atoms with Gasteiger partial charge >= 0.3 is 0 Å². The predicted octanol–water partition coefficient (Wildman–Crippen LogP) is 2.04. The molecule has 18 heavy (non-hydrogen) atoms. The Bertz CT molecular complexity index is 218. The van der Waals surface area contributed by atoms with E-state index in [1.807, 2.05) is 0 Å². The lowest BCUT2D eigenvalue weighted by molar-refractivity contribution is 0.201. The first-order valence-corrected chi connectivity index (χ1v) is 7.71. The lowest BCUT2D eigenvalue weighted by atomic mass is 10.1. The molecule has 108 valence electrons. The van der Waals surface area contributed by atoms with E-state index in [9.17, 15) is 0 Å². The van der Waals surface area contributed by atoms with Gasteiger partial charge in [0.15, 0.2) is 0 Å². The summed E-state index contributed by atoms with van der Waals surface area (Å²) in [6.45, 7) is 11.8. The molecule has 0 radical (unpaired) electrons. The maximum absolute atomic E-state index is 3.60. The molecular weight excluding hydrogens is 222 g/mol. The number of likely N-dealkylation sites (N-methyl/N-ethyl adjacent to an activating group) is 1. The lowest BCUT2D eigenvalue weighted by Gasteiger charge is -2.29. The summed E-state index contributed by atoms with van der Waals surface area (Å²) in [5.41, 5.74) is 0. The van der Waals surface area contributed by atoms with Crippen LogP contribution in [0.5, 0.6) is 0 Å². The van der Waals surface area contributed by atoms with E-state index in [0.29, 0.717) is 0 Å². The zero-order valence-corrected chi connectivity index (χ0v) is 13.1. The summed E-state index contributed by atoms with van der Waals surface area (Å²) in [5, 5.41) is 3.60. The summed E-state index contributed by atoms with van der Waals surface area (Å²) in [4.78, 5) is 5.11. The van der Waals surface area contributed by atoms with E-state index < -0.39 is 0 Å². The number of nitrogens with one attached hydrogen (secondary N) is 1. The molecular formula is C15H33N3. The van der Waals surface area contributed by atoms with Gasteiger partial charge in [-0.1, -0.05) is 27.2 Å². The van der Waals surface area contributed by atoms with Crippen LogP contribution in [0.3, 0.4) is 0 Å². The summed E-state index contributed by atoms with van der Waals surface area (Å²) < 4.78 is 0. The van der Waals surface area contributed by atoms with Crippen LogP contribution in [-0.4, -0.2) is 62.2 Å². The molecule has 0 aromatic carbocycles. The first-order chi connectivity index (χ1) is 8.60. The highest BCUT2D eigenvalue weighted by Crippen LogP contribution is 2.23. The molecule has 1 saturated heterocycles. The molecule has 1 aliphatic rings. The largest absolute Gasteiger partial charge is 0.315 e. The van der Waals surface area contributed by atoms with Gasteiger partial charge in [-0.2, -0.15) is 0 Å². The minimum absolute atomic E-state index is 0.731. The molecule has 0 aliphatic carbocycles. The monoisotopic (exact) mass is 255 g/mol. The minimum atomic E-state index is 0.731. The van der Waals surface area contributed by atoms with Crippen molar-refractivity contribution < 1.29 is 0 Å². The van der Waals surface area contributed by atoms with Crippen LogP contribution < -0.4 is 5.32 Å². The quantitative estimate of drug-likeness (QED) is 0.670. The highest BCUT2D eigenvalue weighted by molar-refractivity contribution is 4.90. The maximum Gasteiger partial charge on any atom is 0.0254 e. The van der Waals surface area contributed by atoms with E-state index in [1.165, 1.54) is 32.4 Å². The number of nitrogens with zero attached hydrogens (tertiary/aromatic N) is 2. The van der Waals surface area contributed by atoms with Crippen LogP contribution in [0.15, 0.2) is 0 Å². The van der Waals surface area contributed by atoms with Crippen LogP contribution in [0, 0.1) is 5.92 Å². The van der Waals surface area contributed by atoms with Crippen molar-refractivity contribution in [1.29, 1.82) is 0 Å². The van der Waals surface area contributed by atoms with E-state index in [1.54, 1.807) is 0 Å². The Labute approximate surface area is 114 Å². The molecule has 1 aliphatic heterocycles. The summed E-state index contributed by atoms with van der Waals surface area (Å²) in [6.07, 6.45) is 3.84. The van der Waals surface area contributed by atoms with Gasteiger partial charge in [0.2, 0.25) is 0 Å². The molecule has 0 aromatic heterocycles. The molecule has 1 N–H and O–H groups in total. The van der Waals surface area contributed by atoms with Gasteiger partial charge in [-0.3, -0.25) is 4.90 Å². The van der Waals surface area contributed by atoms with Gasteiger partial charge in [0.25, 0.3) is 0 Å². The number of hydrogen-bond donors (Lipinski definition) is 1. The van der Waals surface area contributed by atoms with Crippen LogP contribution >= 0.6 is 0 Å². The fraction of sp³-hybridized carbons (Fsp3) is 1.00. The minimum Gasteiger partial charge on any atom is -0.315 e. The topological polar surface area (TPSA) is 18.5 Å². The van der Waals surface area contributed by atoms with E-state index in [0.717, 1.165) is 31.1 Å². The van der Waals surface area contributed by atoms with Crippen molar-refractivity contribution in [2.24, 2.45) is 5.92 Å². The molecule has 0 amide bonds. The zero-order chi connectivity index (χ0) is 13.5. The molecule has 1 fully saturated rings. The molecule has 0 aromatic rings. The van der Waals surface area contributed by atoms with Crippen LogP contribution in [0.4, 0.5) is 0 Å². The zero-order valence-electron chi connectivity index (χ0n) is 13.1. The van der Waals surface area contributed by atoms with Crippen molar-refractivity contribution in [2.45, 2.75) is 52.1 Å². The fourth-order valence-electron chi connectivity index (χ4n) is 3.15. The van der Waals surface area contributed by atoms with Crippen molar-refractivity contribution in [2.75, 3.05) is 40.3 Å². The van der Waals surface area contributed by atoms with Crippen molar-refractivity contribution in [3.05, 3.63) is 0 Å². The van der Waals surface area contributed by atoms with Gasteiger partial charge in [-0.25, -0.2) is 0 Å². The van der Waals surface area contributed by atoms with Crippen molar-refractivity contribution in [1.82, 2.24) is 15.1 Å². The number of likely N-dealkylation sites (tertiary alicyclic amines) is 1. The standard InChI is InChI=1S/C15H33N3/c1-6-8-14(10-16-9-7-2)18-11-13(3)15(12-18)17(4)5/h13-16H,6-12H2,1-5H3. The Morgan fingerprint density at radius 1 is 1.22 bits per heavy atom. The highest BCUT2D eigenvalue weighted by Gasteiger charge is 2.34. The summed E-state index contributed by atoms with van der Waals surface area (Å²) in [5.74, 6) is 0.797. The van der Waals surface area contributed by atoms with E-state index in [-0.39, 0.29) is 0 Å². The lowest BCUT2D eigenvalue weighted by Crippen LogP contribution is -2.43. The molecule has 3 heteroatoms. The van der Waals surface area contributed by atoms with Gasteiger partial charge in [-0.05, 0) is 39.4 Å². The Morgan fingerprint density at radius 2 is 1.94 bits per heavy atom. The van der Waals surface area contributed by atoms with E-state index in [4.69, 9.17) is 0 Å². The molecule has 0 bridgehead atoms. The molecule has 0 saturated carbocycles. The molecule has 3 nitrogen and oxygen atoms in total. The van der Waals surface area contributed by atoms with Gasteiger partial charge in [0.05, 0.1) is 0 Å². The average molecular weight is 255 g/mol. The Hall–Kier alpha value is -0.120. The average Bonchev–Trinajstić information content (AvgIpc) is 2.70. The second-order valence-corrected chi connectivity index (χ2v) is 6.11. The summed E-state index contributed by atoms with van der Waals surface area (Å²) in [6, 6.07) is 1.46. The smallest absolute Gasteiger partial charge is 0.0254 e. The first-order valence-electron chi connectivity index (χ1n) is 7.71. The number of rotatable bonds is 8. The highest BCUT2D eigenvalue weighted by atomic mass is 15.3. The molecule has 0 spiro atoms. The molecule has 1 heterocycles. The van der Waals surface area contributed by atoms with Gasteiger partial charge in [0.1, 0.15) is 0 Å². The van der Waals surface area contributed by atoms with Crippen LogP contribution in [0.2, 0.25) is 0 Å². The Kier molecular flexibility index (Phi) is 7.20. The number of hydrogen-bond acceptors (Lipinski definition) is 3. The second kappa shape index (κ2) is 8.13. The Balaban J connectivity index is 2.48. The third-order valence-electron chi connectivity index (χ3n) is 4.21. The van der Waals surface area contributed by atoms with Crippen molar-refractivity contribution >= 4 is 0 Å². The van der Waals surface area contributed by atoms with E-state index in [2.05, 4.69) is 50.0 Å². The Morgan fingerprint density at radius 3 is 2.44 bits per heavy atom. The van der Waals surface area contributed by atoms with Crippen LogP contribution in [0.1, 0.15) is 40.0 Å². The summed E-state index contributed by atoms with van der Waals surface area (Å²) >= 11 is 0. The van der Waals surface area contributed by atoms with Gasteiger partial charge in [0, 0.05) is 31.7 Å². The van der Waals surface area contributed by atoms with Crippen LogP contribution in [-0.2, 0) is 0 Å². The normalized spacial score (nSPS) is 27.0. The van der Waals surface area contributed by atoms with Crippen molar-refractivity contribution in [3.63, 3.8) is 0 Å². The van der Waals surface area contributed by atoms with Crippen molar-refractivity contribution in [3.8, 4) is 0 Å². The first kappa shape index (κ1) is 15.9. The van der Waals surface area contributed by atoms with Crippen LogP contribution in [0.25, 0.3) is 0 Å². The molecule has 1 rings (SSSR count). The molecule has 3 unspecified atom stereocenters. The SMILES string of the molecule is CCCNCC(CCC)N1CC(C)C(N(C)C)C1. The van der Waals surface area contributed by atoms with E-state index >= 15 is 0 Å². The second-order valence-electron chi connectivity index (χ2n) is 6.11. The van der Waals surface area contributed by atoms with Gasteiger partial charge in [-0.15, -0.1) is 0 Å². The third-order valence-corrected chi connectivity index (χ3v) is 4.21.